The first-order valence-corrected chi connectivity index (χ1v) is 5.11. The average molecular weight is 238 g/mol. The molecule has 0 aliphatic heterocycles. The minimum absolute atomic E-state index is 0.591. The highest BCUT2D eigenvalue weighted by Gasteiger charge is 2.04. The van der Waals surface area contributed by atoms with Crippen molar-refractivity contribution < 1.29 is 0 Å². The fourth-order valence-electron chi connectivity index (χ4n) is 1.27. The number of halogens is 1. The fraction of sp³-hybridized carbons (Fsp3) is 0.364. The van der Waals surface area contributed by atoms with Crippen molar-refractivity contribution in [2.45, 2.75) is 20.3 Å². The maximum absolute atomic E-state index is 8.88. The van der Waals surface area contributed by atoms with Crippen LogP contribution in [0.15, 0.2) is 22.7 Å². The van der Waals surface area contributed by atoms with Crippen LogP contribution >= 0.6 is 15.9 Å². The van der Waals surface area contributed by atoms with Crippen molar-refractivity contribution in [2.75, 3.05) is 0 Å². The summed E-state index contributed by atoms with van der Waals surface area (Å²) in [4.78, 5) is 0. The molecule has 13 heavy (non-hydrogen) atoms. The lowest BCUT2D eigenvalue weighted by atomic mass is 9.99. The Bertz CT molecular complexity index is 336. The number of hydrogen-bond donors (Lipinski definition) is 0. The van der Waals surface area contributed by atoms with E-state index in [1.54, 1.807) is 0 Å². The van der Waals surface area contributed by atoms with Crippen LogP contribution in [0.2, 0.25) is 0 Å². The van der Waals surface area contributed by atoms with Crippen LogP contribution < -0.4 is 0 Å². The van der Waals surface area contributed by atoms with Crippen molar-refractivity contribution in [3.63, 3.8) is 0 Å². The van der Waals surface area contributed by atoms with Crippen LogP contribution in [-0.4, -0.2) is 0 Å². The topological polar surface area (TPSA) is 23.8 Å². The minimum atomic E-state index is 0.591. The molecule has 0 aromatic heterocycles. The summed E-state index contributed by atoms with van der Waals surface area (Å²) in [7, 11) is 0. The van der Waals surface area contributed by atoms with Gasteiger partial charge >= 0.3 is 0 Å². The zero-order valence-electron chi connectivity index (χ0n) is 7.84. The summed E-state index contributed by atoms with van der Waals surface area (Å²) in [5.74, 6) is 0.591. The Morgan fingerprint density at radius 2 is 2.15 bits per heavy atom. The SMILES string of the molecule is CC(C)Cc1ccc(Br)cc1C#N. The lowest BCUT2D eigenvalue weighted by molar-refractivity contribution is 0.646. The highest BCUT2D eigenvalue weighted by atomic mass is 79.9. The fourth-order valence-corrected chi connectivity index (χ4v) is 1.63. The molecule has 0 atom stereocenters. The Labute approximate surface area is 87.5 Å². The summed E-state index contributed by atoms with van der Waals surface area (Å²) in [6.07, 6.45) is 0.968. The second-order valence-corrected chi connectivity index (χ2v) is 4.43. The van der Waals surface area contributed by atoms with Crippen molar-refractivity contribution in [1.82, 2.24) is 0 Å². The Balaban J connectivity index is 3.01. The van der Waals surface area contributed by atoms with E-state index in [2.05, 4.69) is 35.8 Å². The molecule has 68 valence electrons. The molecule has 0 saturated carbocycles. The predicted molar refractivity (Wildman–Crippen MR) is 57.4 cm³/mol. The second-order valence-electron chi connectivity index (χ2n) is 3.51. The summed E-state index contributed by atoms with van der Waals surface area (Å²) in [5.41, 5.74) is 1.92. The van der Waals surface area contributed by atoms with E-state index in [4.69, 9.17) is 5.26 Å². The molecule has 0 bridgehead atoms. The number of rotatable bonds is 2. The van der Waals surface area contributed by atoms with Gasteiger partial charge in [-0.15, -0.1) is 0 Å². The maximum atomic E-state index is 8.88. The number of nitriles is 1. The van der Waals surface area contributed by atoms with E-state index in [9.17, 15) is 0 Å². The molecule has 0 aliphatic rings. The lowest BCUT2D eigenvalue weighted by Crippen LogP contribution is -1.96. The van der Waals surface area contributed by atoms with Crippen LogP contribution in [0.1, 0.15) is 25.0 Å². The first-order valence-electron chi connectivity index (χ1n) is 4.32. The molecule has 0 saturated heterocycles. The third-order valence-electron chi connectivity index (χ3n) is 1.82. The highest BCUT2D eigenvalue weighted by Crippen LogP contribution is 2.18. The van der Waals surface area contributed by atoms with E-state index >= 15 is 0 Å². The molecule has 1 aromatic carbocycles. The smallest absolute Gasteiger partial charge is 0.0994 e. The van der Waals surface area contributed by atoms with Gasteiger partial charge in [0.1, 0.15) is 0 Å². The molecule has 0 amide bonds. The molecule has 1 nitrogen and oxygen atoms in total. The molecular weight excluding hydrogens is 226 g/mol. The number of benzene rings is 1. The minimum Gasteiger partial charge on any atom is -0.192 e. The average Bonchev–Trinajstić information content (AvgIpc) is 2.07. The van der Waals surface area contributed by atoms with Gasteiger partial charge in [0, 0.05) is 4.47 Å². The van der Waals surface area contributed by atoms with E-state index < -0.39 is 0 Å². The van der Waals surface area contributed by atoms with Crippen molar-refractivity contribution in [3.8, 4) is 6.07 Å². The van der Waals surface area contributed by atoms with Gasteiger partial charge in [-0.1, -0.05) is 35.8 Å². The molecule has 0 heterocycles. The third kappa shape index (κ3) is 2.86. The van der Waals surface area contributed by atoms with E-state index in [0.717, 1.165) is 22.0 Å². The molecule has 1 rings (SSSR count). The molecule has 0 spiro atoms. The van der Waals surface area contributed by atoms with Gasteiger partial charge in [-0.05, 0) is 30.0 Å². The van der Waals surface area contributed by atoms with Gasteiger partial charge in [-0.3, -0.25) is 0 Å². The van der Waals surface area contributed by atoms with Crippen LogP contribution in [-0.2, 0) is 6.42 Å². The van der Waals surface area contributed by atoms with Crippen LogP contribution in [0.4, 0.5) is 0 Å². The lowest BCUT2D eigenvalue weighted by Gasteiger charge is -2.06. The van der Waals surface area contributed by atoms with Crippen molar-refractivity contribution in [1.29, 1.82) is 5.26 Å². The molecule has 1 aromatic rings. The molecule has 0 aliphatic carbocycles. The largest absolute Gasteiger partial charge is 0.192 e. The summed E-state index contributed by atoms with van der Waals surface area (Å²) in [5, 5.41) is 8.88. The molecular formula is C11H12BrN. The standard InChI is InChI=1S/C11H12BrN/c1-8(2)5-9-3-4-11(12)6-10(9)7-13/h3-4,6,8H,5H2,1-2H3. The summed E-state index contributed by atoms with van der Waals surface area (Å²) in [6.45, 7) is 4.31. The van der Waals surface area contributed by atoms with Gasteiger partial charge in [0.2, 0.25) is 0 Å². The van der Waals surface area contributed by atoms with Gasteiger partial charge in [0.15, 0.2) is 0 Å². The third-order valence-corrected chi connectivity index (χ3v) is 2.31. The summed E-state index contributed by atoms with van der Waals surface area (Å²) >= 11 is 3.35. The van der Waals surface area contributed by atoms with Gasteiger partial charge in [0.25, 0.3) is 0 Å². The van der Waals surface area contributed by atoms with Gasteiger partial charge in [-0.2, -0.15) is 5.26 Å². The predicted octanol–water partition coefficient (Wildman–Crippen LogP) is 3.52. The summed E-state index contributed by atoms with van der Waals surface area (Å²) in [6, 6.07) is 8.09. The Hall–Kier alpha value is -0.810. The van der Waals surface area contributed by atoms with E-state index in [1.165, 1.54) is 0 Å². The highest BCUT2D eigenvalue weighted by molar-refractivity contribution is 9.10. The van der Waals surface area contributed by atoms with Crippen LogP contribution in [0.5, 0.6) is 0 Å². The van der Waals surface area contributed by atoms with E-state index in [0.29, 0.717) is 5.92 Å². The zero-order chi connectivity index (χ0) is 9.84. The van der Waals surface area contributed by atoms with Crippen molar-refractivity contribution >= 4 is 15.9 Å². The van der Waals surface area contributed by atoms with E-state index in [1.807, 2.05) is 18.2 Å². The zero-order valence-corrected chi connectivity index (χ0v) is 9.43. The van der Waals surface area contributed by atoms with Gasteiger partial charge < -0.3 is 0 Å². The number of hydrogen-bond acceptors (Lipinski definition) is 1. The first-order chi connectivity index (χ1) is 6.13. The monoisotopic (exact) mass is 237 g/mol. The Kier molecular flexibility index (Phi) is 3.50. The maximum Gasteiger partial charge on any atom is 0.0994 e. The van der Waals surface area contributed by atoms with Crippen molar-refractivity contribution in [3.05, 3.63) is 33.8 Å². The molecule has 0 fully saturated rings. The second kappa shape index (κ2) is 4.43. The van der Waals surface area contributed by atoms with Crippen LogP contribution in [0, 0.1) is 17.2 Å². The quantitative estimate of drug-likeness (QED) is 0.773. The van der Waals surface area contributed by atoms with Crippen LogP contribution in [0.3, 0.4) is 0 Å². The normalized spacial score (nSPS) is 10.1. The van der Waals surface area contributed by atoms with E-state index in [-0.39, 0.29) is 0 Å². The molecule has 0 N–H and O–H groups in total. The number of nitrogens with zero attached hydrogens (tertiary/aromatic N) is 1. The molecule has 0 radical (unpaired) electrons. The van der Waals surface area contributed by atoms with Gasteiger partial charge in [0.05, 0.1) is 11.6 Å². The summed E-state index contributed by atoms with van der Waals surface area (Å²) < 4.78 is 0.969. The van der Waals surface area contributed by atoms with Crippen molar-refractivity contribution in [2.24, 2.45) is 5.92 Å². The molecule has 0 unspecified atom stereocenters. The van der Waals surface area contributed by atoms with Gasteiger partial charge in [-0.25, -0.2) is 0 Å². The molecule has 2 heteroatoms. The van der Waals surface area contributed by atoms with Crippen LogP contribution in [0.25, 0.3) is 0 Å². The first kappa shape index (κ1) is 10.3. The Morgan fingerprint density at radius 3 is 2.69 bits per heavy atom. The Morgan fingerprint density at radius 1 is 1.46 bits per heavy atom.